The van der Waals surface area contributed by atoms with Gasteiger partial charge in [0.2, 0.25) is 0 Å². The number of nitrogens with zero attached hydrogens (tertiary/aromatic N) is 3. The van der Waals surface area contributed by atoms with Crippen molar-refractivity contribution in [3.05, 3.63) is 82.9 Å². The maximum Gasteiger partial charge on any atom is 0.262 e. The molecule has 29 heavy (non-hydrogen) atoms. The van der Waals surface area contributed by atoms with Crippen LogP contribution in [0.1, 0.15) is 22.5 Å². The standard InChI is InChI=1S/C23H22N4O2/c1-16-11-19(17(2)27(16)21-6-8-22(29-3)9-7-21)12-20(13-24)23(28)26-15-18-5-4-10-25-14-18/h4-12,14H,15H2,1-3H3,(H,26,28)/b20-12-. The fraction of sp³-hybridized carbons (Fsp3) is 0.174. The van der Waals surface area contributed by atoms with E-state index in [-0.39, 0.29) is 5.57 Å². The van der Waals surface area contributed by atoms with Gasteiger partial charge in [-0.25, -0.2) is 0 Å². The lowest BCUT2D eigenvalue weighted by Gasteiger charge is -2.10. The van der Waals surface area contributed by atoms with Crippen LogP contribution in [0.3, 0.4) is 0 Å². The molecule has 0 bridgehead atoms. The van der Waals surface area contributed by atoms with Gasteiger partial charge in [0.15, 0.2) is 0 Å². The zero-order chi connectivity index (χ0) is 20.8. The van der Waals surface area contributed by atoms with Crippen molar-refractivity contribution in [3.63, 3.8) is 0 Å². The van der Waals surface area contributed by atoms with Gasteiger partial charge in [0.05, 0.1) is 7.11 Å². The number of amides is 1. The minimum absolute atomic E-state index is 0.0591. The van der Waals surface area contributed by atoms with E-state index < -0.39 is 5.91 Å². The van der Waals surface area contributed by atoms with Crippen LogP contribution in [0.15, 0.2) is 60.4 Å². The van der Waals surface area contributed by atoms with E-state index in [0.717, 1.165) is 34.0 Å². The first-order valence-electron chi connectivity index (χ1n) is 9.15. The van der Waals surface area contributed by atoms with Crippen LogP contribution in [0.2, 0.25) is 0 Å². The number of rotatable bonds is 6. The predicted octanol–water partition coefficient (Wildman–Crippen LogP) is 3.72. The lowest BCUT2D eigenvalue weighted by molar-refractivity contribution is -0.117. The molecule has 1 N–H and O–H groups in total. The van der Waals surface area contributed by atoms with Crippen molar-refractivity contribution < 1.29 is 9.53 Å². The van der Waals surface area contributed by atoms with E-state index in [1.165, 1.54) is 0 Å². The second kappa shape index (κ2) is 8.89. The van der Waals surface area contributed by atoms with Crippen molar-refractivity contribution in [3.8, 4) is 17.5 Å². The van der Waals surface area contributed by atoms with E-state index in [0.29, 0.717) is 6.54 Å². The van der Waals surface area contributed by atoms with Gasteiger partial charge in [-0.2, -0.15) is 5.26 Å². The van der Waals surface area contributed by atoms with Crippen molar-refractivity contribution in [1.82, 2.24) is 14.9 Å². The summed E-state index contributed by atoms with van der Waals surface area (Å²) in [6, 6.07) is 15.4. The zero-order valence-corrected chi connectivity index (χ0v) is 16.6. The minimum Gasteiger partial charge on any atom is -0.497 e. The van der Waals surface area contributed by atoms with Crippen molar-refractivity contribution in [2.24, 2.45) is 0 Å². The second-order valence-electron chi connectivity index (χ2n) is 6.57. The molecular weight excluding hydrogens is 364 g/mol. The van der Waals surface area contributed by atoms with Crippen LogP contribution in [0.25, 0.3) is 11.8 Å². The quantitative estimate of drug-likeness (QED) is 0.517. The number of nitriles is 1. The third-order valence-electron chi connectivity index (χ3n) is 4.64. The molecule has 0 radical (unpaired) electrons. The number of hydrogen-bond donors (Lipinski definition) is 1. The van der Waals surface area contributed by atoms with Crippen molar-refractivity contribution in [1.29, 1.82) is 5.26 Å². The van der Waals surface area contributed by atoms with Crippen LogP contribution >= 0.6 is 0 Å². The fourth-order valence-electron chi connectivity index (χ4n) is 3.15. The number of methoxy groups -OCH3 is 1. The molecular formula is C23H22N4O2. The van der Waals surface area contributed by atoms with Crippen LogP contribution < -0.4 is 10.1 Å². The predicted molar refractivity (Wildman–Crippen MR) is 111 cm³/mol. The number of nitrogens with one attached hydrogen (secondary N) is 1. The highest BCUT2D eigenvalue weighted by Gasteiger charge is 2.14. The fourth-order valence-corrected chi connectivity index (χ4v) is 3.15. The van der Waals surface area contributed by atoms with Gasteiger partial charge in [-0.3, -0.25) is 9.78 Å². The number of carbonyl (C=O) groups excluding carboxylic acids is 1. The number of aromatic nitrogens is 2. The lowest BCUT2D eigenvalue weighted by Crippen LogP contribution is -2.24. The van der Waals surface area contributed by atoms with Crippen LogP contribution in [0, 0.1) is 25.2 Å². The number of ether oxygens (including phenoxy) is 1. The Morgan fingerprint density at radius 3 is 2.66 bits per heavy atom. The van der Waals surface area contributed by atoms with E-state index in [1.54, 1.807) is 31.6 Å². The minimum atomic E-state index is -0.411. The molecule has 0 fully saturated rings. The van der Waals surface area contributed by atoms with Crippen LogP contribution in [-0.2, 0) is 11.3 Å². The van der Waals surface area contributed by atoms with Crippen molar-refractivity contribution in [2.45, 2.75) is 20.4 Å². The van der Waals surface area contributed by atoms with Gasteiger partial charge in [-0.15, -0.1) is 0 Å². The Bertz CT molecular complexity index is 1070. The van der Waals surface area contributed by atoms with Gasteiger partial charge < -0.3 is 14.6 Å². The molecule has 0 spiro atoms. The first kappa shape index (κ1) is 19.9. The van der Waals surface area contributed by atoms with Gasteiger partial charge in [0.1, 0.15) is 17.4 Å². The Morgan fingerprint density at radius 1 is 1.28 bits per heavy atom. The molecule has 6 heteroatoms. The molecule has 0 unspecified atom stereocenters. The molecule has 2 heterocycles. The third kappa shape index (κ3) is 4.53. The summed E-state index contributed by atoms with van der Waals surface area (Å²) >= 11 is 0. The Balaban J connectivity index is 1.84. The van der Waals surface area contributed by atoms with Gasteiger partial charge >= 0.3 is 0 Å². The van der Waals surface area contributed by atoms with E-state index in [1.807, 2.05) is 56.3 Å². The molecule has 3 aromatic rings. The number of benzene rings is 1. The van der Waals surface area contributed by atoms with E-state index >= 15 is 0 Å². The van der Waals surface area contributed by atoms with Gasteiger partial charge in [0, 0.05) is 36.0 Å². The van der Waals surface area contributed by atoms with Crippen molar-refractivity contribution >= 4 is 12.0 Å². The number of pyridine rings is 1. The maximum atomic E-state index is 12.5. The Kier molecular flexibility index (Phi) is 6.10. The molecule has 0 aliphatic rings. The zero-order valence-electron chi connectivity index (χ0n) is 16.6. The topological polar surface area (TPSA) is 79.9 Å². The van der Waals surface area contributed by atoms with E-state index in [2.05, 4.69) is 14.9 Å². The highest BCUT2D eigenvalue weighted by atomic mass is 16.5. The van der Waals surface area contributed by atoms with E-state index in [9.17, 15) is 10.1 Å². The molecule has 0 atom stereocenters. The van der Waals surface area contributed by atoms with Crippen LogP contribution in [0.4, 0.5) is 0 Å². The summed E-state index contributed by atoms with van der Waals surface area (Å²) in [4.78, 5) is 16.5. The molecule has 2 aromatic heterocycles. The number of hydrogen-bond acceptors (Lipinski definition) is 4. The van der Waals surface area contributed by atoms with Gasteiger partial charge in [-0.1, -0.05) is 6.07 Å². The first-order valence-corrected chi connectivity index (χ1v) is 9.15. The third-order valence-corrected chi connectivity index (χ3v) is 4.64. The summed E-state index contributed by atoms with van der Waals surface area (Å²) < 4.78 is 7.29. The molecule has 6 nitrogen and oxygen atoms in total. The smallest absolute Gasteiger partial charge is 0.262 e. The average Bonchev–Trinajstić information content (AvgIpc) is 3.03. The number of carbonyl (C=O) groups is 1. The lowest BCUT2D eigenvalue weighted by atomic mass is 10.1. The molecule has 3 rings (SSSR count). The average molecular weight is 386 g/mol. The summed E-state index contributed by atoms with van der Waals surface area (Å²) in [6.45, 7) is 4.27. The molecule has 0 saturated heterocycles. The van der Waals surface area contributed by atoms with E-state index in [4.69, 9.17) is 4.74 Å². The first-order chi connectivity index (χ1) is 14.0. The Morgan fingerprint density at radius 2 is 2.03 bits per heavy atom. The van der Waals surface area contributed by atoms with Crippen LogP contribution in [0.5, 0.6) is 5.75 Å². The molecule has 1 aromatic carbocycles. The van der Waals surface area contributed by atoms with Crippen molar-refractivity contribution in [2.75, 3.05) is 7.11 Å². The molecule has 0 aliphatic carbocycles. The Hall–Kier alpha value is -3.85. The monoisotopic (exact) mass is 386 g/mol. The molecule has 146 valence electrons. The highest BCUT2D eigenvalue weighted by molar-refractivity contribution is 6.01. The maximum absolute atomic E-state index is 12.5. The summed E-state index contributed by atoms with van der Waals surface area (Å²) in [5.74, 6) is 0.374. The molecule has 0 aliphatic heterocycles. The summed E-state index contributed by atoms with van der Waals surface area (Å²) in [6.07, 6.45) is 4.98. The SMILES string of the molecule is COc1ccc(-n2c(C)cc(/C=C(/C#N)C(=O)NCc3cccnc3)c2C)cc1. The normalized spacial score (nSPS) is 11.0. The second-order valence-corrected chi connectivity index (χ2v) is 6.57. The largest absolute Gasteiger partial charge is 0.497 e. The Labute approximate surface area is 170 Å². The van der Waals surface area contributed by atoms with Crippen LogP contribution in [-0.4, -0.2) is 22.6 Å². The molecule has 1 amide bonds. The highest BCUT2D eigenvalue weighted by Crippen LogP contribution is 2.24. The van der Waals surface area contributed by atoms with Gasteiger partial charge in [-0.05, 0) is 67.4 Å². The van der Waals surface area contributed by atoms with Gasteiger partial charge in [0.25, 0.3) is 5.91 Å². The summed E-state index contributed by atoms with van der Waals surface area (Å²) in [5.41, 5.74) is 4.69. The summed E-state index contributed by atoms with van der Waals surface area (Å²) in [5, 5.41) is 12.2. The summed E-state index contributed by atoms with van der Waals surface area (Å²) in [7, 11) is 1.63. The molecule has 0 saturated carbocycles. The number of aryl methyl sites for hydroxylation is 1.